The summed E-state index contributed by atoms with van der Waals surface area (Å²) in [4.78, 5) is 0. The molecular formula is C64H40. The van der Waals surface area contributed by atoms with Gasteiger partial charge in [0.15, 0.2) is 0 Å². The van der Waals surface area contributed by atoms with Gasteiger partial charge >= 0.3 is 0 Å². The van der Waals surface area contributed by atoms with Crippen molar-refractivity contribution in [2.24, 2.45) is 0 Å². The Kier molecular flexibility index (Phi) is 8.32. The molecule has 13 aromatic rings. The second-order valence-electron chi connectivity index (χ2n) is 17.1. The Morgan fingerprint density at radius 1 is 0.156 bits per heavy atom. The van der Waals surface area contributed by atoms with Gasteiger partial charge in [-0.3, -0.25) is 0 Å². The van der Waals surface area contributed by atoms with Crippen molar-refractivity contribution in [2.75, 3.05) is 0 Å². The Morgan fingerprint density at radius 2 is 0.453 bits per heavy atom. The molecule has 0 aliphatic rings. The van der Waals surface area contributed by atoms with E-state index in [0.29, 0.717) is 0 Å². The molecule has 0 heterocycles. The summed E-state index contributed by atoms with van der Waals surface area (Å²) in [5.74, 6) is 0. The van der Waals surface area contributed by atoms with Gasteiger partial charge in [-0.1, -0.05) is 231 Å². The molecule has 0 spiro atoms. The molecule has 0 nitrogen and oxygen atoms in total. The molecule has 0 bridgehead atoms. The number of hydrogen-bond donors (Lipinski definition) is 0. The van der Waals surface area contributed by atoms with Crippen LogP contribution in [0.5, 0.6) is 0 Å². The van der Waals surface area contributed by atoms with Crippen LogP contribution in [0.25, 0.3) is 131 Å². The zero-order valence-corrected chi connectivity index (χ0v) is 35.1. The third kappa shape index (κ3) is 5.70. The van der Waals surface area contributed by atoms with Gasteiger partial charge in [-0.15, -0.1) is 0 Å². The first-order valence-corrected chi connectivity index (χ1v) is 22.2. The first kappa shape index (κ1) is 36.3. The molecule has 13 aromatic carbocycles. The Morgan fingerprint density at radius 3 is 0.891 bits per heavy atom. The number of hydrogen-bond acceptors (Lipinski definition) is 0. The lowest BCUT2D eigenvalue weighted by Gasteiger charge is -2.20. The van der Waals surface area contributed by atoms with E-state index in [1.165, 1.54) is 131 Å². The molecule has 0 fully saturated rings. The Hall–Kier alpha value is -8.32. The van der Waals surface area contributed by atoms with Crippen molar-refractivity contribution in [3.63, 3.8) is 0 Å². The van der Waals surface area contributed by atoms with Gasteiger partial charge in [0.25, 0.3) is 0 Å². The molecular weight excluding hydrogens is 769 g/mol. The van der Waals surface area contributed by atoms with Crippen LogP contribution in [0.1, 0.15) is 0 Å². The minimum absolute atomic E-state index is 1.20. The van der Waals surface area contributed by atoms with Crippen LogP contribution in [0.4, 0.5) is 0 Å². The standard InChI is InChI=1S/C64H40/c1-3-17-45-39-47(37-31-41(45)15-1)62-55-21-7-5-19-53(55)61(54-20-6-8-22-56(54)62)44-35-33-43(34-36-44)49-27-13-29-51-50(49)28-14-30-52(51)64-59-25-11-9-23-57(59)63(58-24-10-12-26-60(58)64)48-38-32-42-16-2-4-18-46(42)40-48/h1-40H. The zero-order valence-electron chi connectivity index (χ0n) is 35.1. The second kappa shape index (κ2) is 14.7. The smallest absolute Gasteiger partial charge is 0.00201 e. The second-order valence-corrected chi connectivity index (χ2v) is 17.1. The van der Waals surface area contributed by atoms with Gasteiger partial charge in [0.2, 0.25) is 0 Å². The number of fused-ring (bicyclic) bond motifs is 7. The summed E-state index contributed by atoms with van der Waals surface area (Å²) in [7, 11) is 0. The van der Waals surface area contributed by atoms with E-state index >= 15 is 0 Å². The average molecular weight is 809 g/mol. The van der Waals surface area contributed by atoms with Crippen molar-refractivity contribution in [1.29, 1.82) is 0 Å². The quantitative estimate of drug-likeness (QED) is 0.152. The van der Waals surface area contributed by atoms with E-state index in [9.17, 15) is 0 Å². The lowest BCUT2D eigenvalue weighted by Crippen LogP contribution is -1.92. The van der Waals surface area contributed by atoms with E-state index in [0.717, 1.165) is 0 Å². The van der Waals surface area contributed by atoms with Gasteiger partial charge in [0, 0.05) is 0 Å². The van der Waals surface area contributed by atoms with Crippen LogP contribution in [0.15, 0.2) is 243 Å². The monoisotopic (exact) mass is 808 g/mol. The lowest BCUT2D eigenvalue weighted by molar-refractivity contribution is 1.63. The van der Waals surface area contributed by atoms with E-state index in [1.54, 1.807) is 0 Å². The van der Waals surface area contributed by atoms with Crippen LogP contribution in [0.3, 0.4) is 0 Å². The predicted molar refractivity (Wildman–Crippen MR) is 276 cm³/mol. The van der Waals surface area contributed by atoms with Crippen LogP contribution in [0.2, 0.25) is 0 Å². The zero-order chi connectivity index (χ0) is 42.1. The molecule has 0 amide bonds. The molecule has 0 unspecified atom stereocenters. The third-order valence-corrected chi connectivity index (χ3v) is 13.6. The molecule has 0 saturated carbocycles. The van der Waals surface area contributed by atoms with Crippen molar-refractivity contribution in [1.82, 2.24) is 0 Å². The van der Waals surface area contributed by atoms with Crippen LogP contribution in [0, 0.1) is 0 Å². The topological polar surface area (TPSA) is 0 Å². The summed E-state index contributed by atoms with van der Waals surface area (Å²) in [6.07, 6.45) is 0. The fourth-order valence-electron chi connectivity index (χ4n) is 10.8. The van der Waals surface area contributed by atoms with Crippen LogP contribution >= 0.6 is 0 Å². The Bertz CT molecular complexity index is 3890. The van der Waals surface area contributed by atoms with E-state index < -0.39 is 0 Å². The fraction of sp³-hybridized carbons (Fsp3) is 0. The highest BCUT2D eigenvalue weighted by atomic mass is 14.2. The predicted octanol–water partition coefficient (Wildman–Crippen LogP) is 18.1. The van der Waals surface area contributed by atoms with Crippen molar-refractivity contribution in [3.8, 4) is 55.6 Å². The van der Waals surface area contributed by atoms with Gasteiger partial charge in [-0.25, -0.2) is 0 Å². The number of benzene rings is 13. The Balaban J connectivity index is 0.961. The normalized spacial score (nSPS) is 11.8. The minimum Gasteiger partial charge on any atom is -0.0616 e. The maximum absolute atomic E-state index is 2.35. The fourth-order valence-corrected chi connectivity index (χ4v) is 10.8. The van der Waals surface area contributed by atoms with E-state index in [2.05, 4.69) is 243 Å². The van der Waals surface area contributed by atoms with E-state index in [1.807, 2.05) is 0 Å². The lowest BCUT2D eigenvalue weighted by atomic mass is 9.83. The van der Waals surface area contributed by atoms with Crippen molar-refractivity contribution in [3.05, 3.63) is 243 Å². The molecule has 13 rings (SSSR count). The van der Waals surface area contributed by atoms with Gasteiger partial charge in [-0.05, 0) is 143 Å². The molecule has 0 saturated heterocycles. The molecule has 0 atom stereocenters. The van der Waals surface area contributed by atoms with Gasteiger partial charge in [0.1, 0.15) is 0 Å². The maximum atomic E-state index is 2.35. The average Bonchev–Trinajstić information content (AvgIpc) is 3.36. The van der Waals surface area contributed by atoms with Crippen LogP contribution in [-0.2, 0) is 0 Å². The SMILES string of the molecule is c1ccc2cc(-c3c4ccccc4c(-c4ccc(-c5cccc6c(-c7c8ccccc8c(-c8ccc9ccccc9c8)c8ccccc78)cccc56)cc4)c4ccccc34)ccc2c1. The summed E-state index contributed by atoms with van der Waals surface area (Å²) in [5, 5.41) is 17.6. The van der Waals surface area contributed by atoms with Gasteiger partial charge in [0.05, 0.1) is 0 Å². The maximum Gasteiger partial charge on any atom is -0.00201 e. The van der Waals surface area contributed by atoms with E-state index in [4.69, 9.17) is 0 Å². The van der Waals surface area contributed by atoms with Crippen LogP contribution in [-0.4, -0.2) is 0 Å². The molecule has 0 aromatic heterocycles. The summed E-state index contributed by atoms with van der Waals surface area (Å²) in [6, 6.07) is 89.9. The molecule has 0 N–H and O–H groups in total. The van der Waals surface area contributed by atoms with Crippen molar-refractivity contribution >= 4 is 75.4 Å². The molecule has 296 valence electrons. The first-order valence-electron chi connectivity index (χ1n) is 22.2. The highest BCUT2D eigenvalue weighted by Gasteiger charge is 2.20. The minimum atomic E-state index is 1.20. The van der Waals surface area contributed by atoms with Gasteiger partial charge < -0.3 is 0 Å². The summed E-state index contributed by atoms with van der Waals surface area (Å²) in [6.45, 7) is 0. The molecule has 64 heavy (non-hydrogen) atoms. The summed E-state index contributed by atoms with van der Waals surface area (Å²) >= 11 is 0. The largest absolute Gasteiger partial charge is 0.0616 e. The molecule has 0 aliphatic carbocycles. The van der Waals surface area contributed by atoms with Crippen LogP contribution < -0.4 is 0 Å². The number of rotatable bonds is 5. The molecule has 0 radical (unpaired) electrons. The highest BCUT2D eigenvalue weighted by Crippen LogP contribution is 2.48. The van der Waals surface area contributed by atoms with Crippen molar-refractivity contribution < 1.29 is 0 Å². The molecule has 0 heteroatoms. The third-order valence-electron chi connectivity index (χ3n) is 13.6. The summed E-state index contributed by atoms with van der Waals surface area (Å²) < 4.78 is 0. The first-order chi connectivity index (χ1) is 31.8. The Labute approximate surface area is 371 Å². The van der Waals surface area contributed by atoms with E-state index in [-0.39, 0.29) is 0 Å². The van der Waals surface area contributed by atoms with Gasteiger partial charge in [-0.2, -0.15) is 0 Å². The summed E-state index contributed by atoms with van der Waals surface area (Å²) in [5.41, 5.74) is 12.5. The highest BCUT2D eigenvalue weighted by molar-refractivity contribution is 6.25. The molecule has 0 aliphatic heterocycles. The van der Waals surface area contributed by atoms with Crippen molar-refractivity contribution in [2.45, 2.75) is 0 Å².